The van der Waals surface area contributed by atoms with Gasteiger partial charge in [-0.25, -0.2) is 4.79 Å². The third-order valence-electron chi connectivity index (χ3n) is 4.57. The minimum Gasteiger partial charge on any atom is -0.462 e. The van der Waals surface area contributed by atoms with Crippen LogP contribution in [0.1, 0.15) is 17.3 Å². The summed E-state index contributed by atoms with van der Waals surface area (Å²) in [6, 6.07) is 5.77. The van der Waals surface area contributed by atoms with Gasteiger partial charge in [-0.15, -0.1) is 0 Å². The molecule has 1 aromatic heterocycles. The quantitative estimate of drug-likeness (QED) is 0.644. The van der Waals surface area contributed by atoms with E-state index in [4.69, 9.17) is 16.3 Å². The Hall–Kier alpha value is -1.50. The summed E-state index contributed by atoms with van der Waals surface area (Å²) in [5.41, 5.74) is 2.53. The van der Waals surface area contributed by atoms with E-state index < -0.39 is 0 Å². The highest BCUT2D eigenvalue weighted by atomic mass is 35.5. The van der Waals surface area contributed by atoms with E-state index in [1.54, 1.807) is 0 Å². The van der Waals surface area contributed by atoms with Crippen molar-refractivity contribution < 1.29 is 19.4 Å². The zero-order valence-corrected chi connectivity index (χ0v) is 16.4. The molecule has 0 saturated carbocycles. The molecule has 0 bridgehead atoms. The van der Waals surface area contributed by atoms with Crippen molar-refractivity contribution in [2.45, 2.75) is 11.9 Å². The predicted molar refractivity (Wildman–Crippen MR) is 102 cm³/mol. The van der Waals surface area contributed by atoms with Gasteiger partial charge in [0.1, 0.15) is 0 Å². The summed E-state index contributed by atoms with van der Waals surface area (Å²) in [6.45, 7) is 6.06. The van der Waals surface area contributed by atoms with Crippen molar-refractivity contribution in [3.8, 4) is 0 Å². The zero-order chi connectivity index (χ0) is 18.0. The van der Waals surface area contributed by atoms with Gasteiger partial charge in [-0.1, -0.05) is 23.4 Å². The Morgan fingerprint density at radius 1 is 1.40 bits per heavy atom. The second-order valence-corrected chi connectivity index (χ2v) is 7.49. The number of carbonyl (C=O) groups is 1. The summed E-state index contributed by atoms with van der Waals surface area (Å²) in [5.74, 6) is -0.286. The number of H-pyrrole nitrogens is 1. The fraction of sp³-hybridized carbons (Fsp3) is 0.444. The lowest BCUT2D eigenvalue weighted by Gasteiger charge is -2.33. The number of aromatic nitrogens is 1. The number of anilines is 1. The van der Waals surface area contributed by atoms with Crippen molar-refractivity contribution in [2.24, 2.45) is 0 Å². The zero-order valence-electron chi connectivity index (χ0n) is 14.8. The lowest BCUT2D eigenvalue weighted by molar-refractivity contribution is -0.880. The van der Waals surface area contributed by atoms with Crippen LogP contribution in [-0.2, 0) is 4.74 Å². The lowest BCUT2D eigenvalue weighted by Crippen LogP contribution is -3.12. The van der Waals surface area contributed by atoms with Crippen LogP contribution in [0.3, 0.4) is 0 Å². The first-order chi connectivity index (χ1) is 12.0. The smallest absolute Gasteiger partial charge is 0.347 e. The van der Waals surface area contributed by atoms with Gasteiger partial charge in [0.15, 0.2) is 5.56 Å². The minimum atomic E-state index is -0.286. The fourth-order valence-electron chi connectivity index (χ4n) is 3.23. The third-order valence-corrected chi connectivity index (χ3v) is 5.52. The normalized spacial score (nSPS) is 15.6. The molecule has 0 unspecified atom stereocenters. The number of carbonyl (C=O) groups excluding carboxylic acids is 1. The Morgan fingerprint density at radius 3 is 2.76 bits per heavy atom. The highest BCUT2D eigenvalue weighted by Gasteiger charge is 2.31. The Balaban J connectivity index is 2.25. The van der Waals surface area contributed by atoms with Crippen LogP contribution in [0, 0.1) is 0 Å². The summed E-state index contributed by atoms with van der Waals surface area (Å²) >= 11 is 7.79. The molecule has 134 valence electrons. The first-order valence-electron chi connectivity index (χ1n) is 8.51. The molecule has 25 heavy (non-hydrogen) atoms. The van der Waals surface area contributed by atoms with E-state index in [-0.39, 0.29) is 5.97 Å². The number of nitrogens with one attached hydrogen (secondary N) is 2. The first kappa shape index (κ1) is 18.3. The summed E-state index contributed by atoms with van der Waals surface area (Å²) in [6.07, 6.45) is 1.97. The molecule has 1 aliphatic rings. The fourth-order valence-corrected chi connectivity index (χ4v) is 4.00. The Bertz CT molecular complexity index is 791. The van der Waals surface area contributed by atoms with Crippen molar-refractivity contribution in [3.05, 3.63) is 28.8 Å². The monoisotopic (exact) mass is 381 g/mol. The SMILES string of the molecule is CCOC(=O)c1c(SC)[nH+]c2ccc(Cl)cc2c1N1CC[NH+](C)CC1. The number of hydrogen-bond acceptors (Lipinski definition) is 4. The van der Waals surface area contributed by atoms with Crippen molar-refractivity contribution in [2.75, 3.05) is 51.0 Å². The van der Waals surface area contributed by atoms with Gasteiger partial charge < -0.3 is 14.5 Å². The van der Waals surface area contributed by atoms with Crippen molar-refractivity contribution in [3.63, 3.8) is 0 Å². The Kier molecular flexibility index (Phi) is 5.71. The van der Waals surface area contributed by atoms with Crippen LogP contribution in [0.4, 0.5) is 5.69 Å². The molecule has 0 spiro atoms. The number of nitrogens with zero attached hydrogens (tertiary/aromatic N) is 1. The molecule has 3 rings (SSSR count). The third kappa shape index (κ3) is 3.71. The number of pyridine rings is 1. The van der Waals surface area contributed by atoms with Gasteiger partial charge >= 0.3 is 5.97 Å². The van der Waals surface area contributed by atoms with Gasteiger partial charge in [0.05, 0.1) is 50.9 Å². The van der Waals surface area contributed by atoms with Crippen LogP contribution in [0.2, 0.25) is 5.02 Å². The lowest BCUT2D eigenvalue weighted by atomic mass is 10.1. The molecule has 1 aromatic carbocycles. The molecular weight excluding hydrogens is 358 g/mol. The minimum absolute atomic E-state index is 0.286. The second kappa shape index (κ2) is 7.81. The molecule has 0 atom stereocenters. The highest BCUT2D eigenvalue weighted by Crippen LogP contribution is 2.35. The number of aromatic amines is 1. The highest BCUT2D eigenvalue weighted by molar-refractivity contribution is 7.98. The van der Waals surface area contributed by atoms with Crippen LogP contribution >= 0.6 is 23.4 Å². The summed E-state index contributed by atoms with van der Waals surface area (Å²) in [4.78, 5) is 19.9. The molecule has 1 saturated heterocycles. The van der Waals surface area contributed by atoms with E-state index >= 15 is 0 Å². The largest absolute Gasteiger partial charge is 0.462 e. The number of likely N-dealkylation sites (N-methyl/N-ethyl adjacent to an activating group) is 1. The number of thioether (sulfide) groups is 1. The molecule has 5 nitrogen and oxygen atoms in total. The van der Waals surface area contributed by atoms with Gasteiger partial charge in [-0.3, -0.25) is 0 Å². The van der Waals surface area contributed by atoms with Crippen molar-refractivity contribution >= 4 is 45.9 Å². The molecule has 1 fully saturated rings. The molecular formula is C18H24ClN3O2S+2. The van der Waals surface area contributed by atoms with Gasteiger partial charge in [0, 0.05) is 11.1 Å². The standard InChI is InChI=1S/C18H22ClN3O2S/c1-4-24-18(23)15-16(22-9-7-21(2)8-10-22)13-11-12(19)5-6-14(13)20-17(15)25-3/h5-6,11H,4,7-10H2,1-3H3/p+2. The number of esters is 1. The maximum Gasteiger partial charge on any atom is 0.347 e. The topological polar surface area (TPSA) is 48.1 Å². The van der Waals surface area contributed by atoms with E-state index in [1.807, 2.05) is 31.4 Å². The molecule has 2 aromatic rings. The summed E-state index contributed by atoms with van der Waals surface area (Å²) in [7, 11) is 2.20. The molecule has 1 aliphatic heterocycles. The molecule has 0 radical (unpaired) electrons. The number of hydrogen-bond donors (Lipinski definition) is 1. The predicted octanol–water partition coefficient (Wildman–Crippen LogP) is 1.54. The number of benzene rings is 1. The van der Waals surface area contributed by atoms with Crippen LogP contribution in [0.5, 0.6) is 0 Å². The first-order valence-corrected chi connectivity index (χ1v) is 10.1. The van der Waals surface area contributed by atoms with Gasteiger partial charge in [0.2, 0.25) is 5.52 Å². The number of fused-ring (bicyclic) bond motifs is 1. The van der Waals surface area contributed by atoms with E-state index in [1.165, 1.54) is 16.7 Å². The van der Waals surface area contributed by atoms with Crippen LogP contribution in [0.15, 0.2) is 23.2 Å². The number of rotatable bonds is 4. The Morgan fingerprint density at radius 2 is 2.12 bits per heavy atom. The molecule has 2 N–H and O–H groups in total. The molecule has 7 heteroatoms. The van der Waals surface area contributed by atoms with Gasteiger partial charge in [-0.2, -0.15) is 4.98 Å². The summed E-state index contributed by atoms with van der Waals surface area (Å²) in [5, 5.41) is 2.45. The maximum absolute atomic E-state index is 12.8. The molecule has 0 amide bonds. The molecule has 0 aliphatic carbocycles. The van der Waals surface area contributed by atoms with Crippen molar-refractivity contribution in [1.82, 2.24) is 0 Å². The number of halogens is 1. The van der Waals surface area contributed by atoms with E-state index in [2.05, 4.69) is 16.9 Å². The van der Waals surface area contributed by atoms with E-state index in [0.29, 0.717) is 17.2 Å². The van der Waals surface area contributed by atoms with Gasteiger partial charge in [-0.05, 0) is 25.3 Å². The average molecular weight is 382 g/mol. The number of piperazine rings is 1. The van der Waals surface area contributed by atoms with Gasteiger partial charge in [0.25, 0.3) is 5.03 Å². The maximum atomic E-state index is 12.8. The van der Waals surface area contributed by atoms with Crippen molar-refractivity contribution in [1.29, 1.82) is 0 Å². The molecule has 2 heterocycles. The Labute approximate surface area is 157 Å². The number of ether oxygens (including phenoxy) is 1. The summed E-state index contributed by atoms with van der Waals surface area (Å²) < 4.78 is 5.37. The van der Waals surface area contributed by atoms with E-state index in [9.17, 15) is 4.79 Å². The van der Waals surface area contributed by atoms with Crippen LogP contribution in [0.25, 0.3) is 10.9 Å². The second-order valence-electron chi connectivity index (χ2n) is 6.24. The number of quaternary nitrogens is 1. The van der Waals surface area contributed by atoms with Crippen LogP contribution < -0.4 is 14.8 Å². The average Bonchev–Trinajstić information content (AvgIpc) is 2.61. The van der Waals surface area contributed by atoms with Crippen LogP contribution in [-0.4, -0.2) is 52.1 Å². The van der Waals surface area contributed by atoms with E-state index in [0.717, 1.165) is 47.8 Å².